The molecule has 0 fully saturated rings. The van der Waals surface area contributed by atoms with Crippen LogP contribution in [0.1, 0.15) is 35.4 Å². The number of alkyl halides is 3. The molecule has 1 aliphatic heterocycles. The smallest absolute Gasteiger partial charge is 0.376 e. The Hall–Kier alpha value is -2.79. The molecule has 0 bridgehead atoms. The standard InChI is InChI=1S/C22H26F3N3O4S/c1-16-4-6-19(27-16)7-9-21(29)26-11-2-3-12-28-13-10-17-5-8-20(14-18(17)15-28)32-33(30,31)22(23,24)25/h4-9,14,27H,2-3,10-13,15H2,1H3,(H,26,29)/b9-7+. The fraction of sp³-hybridized carbons (Fsp3) is 0.409. The molecule has 0 radical (unpaired) electrons. The third-order valence-electron chi connectivity index (χ3n) is 5.23. The van der Waals surface area contributed by atoms with E-state index in [1.807, 2.05) is 19.1 Å². The Bertz CT molecular complexity index is 1110. The third-order valence-corrected chi connectivity index (χ3v) is 6.21. The molecule has 3 rings (SSSR count). The van der Waals surface area contributed by atoms with Gasteiger partial charge in [-0.05, 0) is 74.2 Å². The van der Waals surface area contributed by atoms with Gasteiger partial charge in [0, 0.05) is 37.1 Å². The van der Waals surface area contributed by atoms with Crippen molar-refractivity contribution in [2.45, 2.75) is 38.2 Å². The molecule has 2 N–H and O–H groups in total. The second kappa shape index (κ2) is 10.4. The number of nitrogens with one attached hydrogen (secondary N) is 2. The Kier molecular flexibility index (Phi) is 7.85. The number of carbonyl (C=O) groups excluding carboxylic acids is 1. The number of nitrogens with zero attached hydrogens (tertiary/aromatic N) is 1. The maximum absolute atomic E-state index is 12.5. The fourth-order valence-electron chi connectivity index (χ4n) is 3.53. The number of amides is 1. The van der Waals surface area contributed by atoms with E-state index in [0.717, 1.165) is 48.4 Å². The van der Waals surface area contributed by atoms with Gasteiger partial charge in [0.15, 0.2) is 0 Å². The molecule has 1 aromatic heterocycles. The number of aryl methyl sites for hydroxylation is 1. The van der Waals surface area contributed by atoms with Crippen LogP contribution >= 0.6 is 0 Å². The van der Waals surface area contributed by atoms with Crippen LogP contribution in [0.2, 0.25) is 0 Å². The van der Waals surface area contributed by atoms with Gasteiger partial charge >= 0.3 is 15.6 Å². The molecule has 11 heteroatoms. The highest BCUT2D eigenvalue weighted by Crippen LogP contribution is 2.29. The minimum atomic E-state index is -5.69. The lowest BCUT2D eigenvalue weighted by molar-refractivity contribution is -0.116. The van der Waals surface area contributed by atoms with Gasteiger partial charge in [0.1, 0.15) is 5.75 Å². The highest BCUT2D eigenvalue weighted by molar-refractivity contribution is 7.88. The van der Waals surface area contributed by atoms with Crippen LogP contribution in [0.5, 0.6) is 5.75 Å². The normalized spacial score (nSPS) is 14.9. The van der Waals surface area contributed by atoms with E-state index in [-0.39, 0.29) is 11.7 Å². The molecule has 0 unspecified atom stereocenters. The van der Waals surface area contributed by atoms with Gasteiger partial charge in [0.25, 0.3) is 0 Å². The second-order valence-corrected chi connectivity index (χ2v) is 9.41. The Labute approximate surface area is 190 Å². The van der Waals surface area contributed by atoms with Gasteiger partial charge in [-0.3, -0.25) is 9.69 Å². The number of fused-ring (bicyclic) bond motifs is 1. The van der Waals surface area contributed by atoms with Crippen molar-refractivity contribution in [2.24, 2.45) is 0 Å². The van der Waals surface area contributed by atoms with Gasteiger partial charge < -0.3 is 14.5 Å². The molecule has 2 heterocycles. The summed E-state index contributed by atoms with van der Waals surface area (Å²) < 4.78 is 64.3. The van der Waals surface area contributed by atoms with E-state index in [2.05, 4.69) is 19.4 Å². The number of halogens is 3. The van der Waals surface area contributed by atoms with Crippen molar-refractivity contribution in [3.05, 3.63) is 58.9 Å². The van der Waals surface area contributed by atoms with Crippen LogP contribution in [0.4, 0.5) is 13.2 Å². The van der Waals surface area contributed by atoms with Gasteiger partial charge in [-0.25, -0.2) is 0 Å². The first-order chi connectivity index (χ1) is 15.5. The molecule has 0 spiro atoms. The molecule has 2 aromatic rings. The fourth-order valence-corrected chi connectivity index (χ4v) is 3.98. The predicted octanol–water partition coefficient (Wildman–Crippen LogP) is 3.52. The lowest BCUT2D eigenvalue weighted by atomic mass is 9.99. The molecular formula is C22H26F3N3O4S. The molecule has 1 aromatic carbocycles. The van der Waals surface area contributed by atoms with Crippen LogP contribution < -0.4 is 9.50 Å². The number of carbonyl (C=O) groups is 1. The maximum atomic E-state index is 12.5. The Morgan fingerprint density at radius 3 is 2.70 bits per heavy atom. The average molecular weight is 486 g/mol. The zero-order valence-electron chi connectivity index (χ0n) is 18.1. The number of unbranched alkanes of at least 4 members (excludes halogenated alkanes) is 1. The van der Waals surface area contributed by atoms with Crippen molar-refractivity contribution in [3.8, 4) is 5.75 Å². The summed E-state index contributed by atoms with van der Waals surface area (Å²) >= 11 is 0. The van der Waals surface area contributed by atoms with Gasteiger partial charge in [0.05, 0.1) is 0 Å². The van der Waals surface area contributed by atoms with Crippen molar-refractivity contribution in [3.63, 3.8) is 0 Å². The molecule has 7 nitrogen and oxygen atoms in total. The highest BCUT2D eigenvalue weighted by Gasteiger charge is 2.48. The number of aromatic amines is 1. The van der Waals surface area contributed by atoms with Crippen molar-refractivity contribution in [1.82, 2.24) is 15.2 Å². The molecular weight excluding hydrogens is 459 g/mol. The third kappa shape index (κ3) is 7.10. The van der Waals surface area contributed by atoms with Crippen molar-refractivity contribution in [1.29, 1.82) is 0 Å². The molecule has 180 valence electrons. The number of benzene rings is 1. The molecule has 33 heavy (non-hydrogen) atoms. The van der Waals surface area contributed by atoms with Crippen molar-refractivity contribution < 1.29 is 30.6 Å². The maximum Gasteiger partial charge on any atom is 0.534 e. The Balaban J connectivity index is 1.42. The summed E-state index contributed by atoms with van der Waals surface area (Å²) in [5, 5.41) is 2.83. The van der Waals surface area contributed by atoms with E-state index < -0.39 is 15.6 Å². The van der Waals surface area contributed by atoms with E-state index in [0.29, 0.717) is 19.5 Å². The van der Waals surface area contributed by atoms with E-state index in [1.54, 1.807) is 12.1 Å². The second-order valence-electron chi connectivity index (χ2n) is 7.87. The molecule has 0 atom stereocenters. The SMILES string of the molecule is Cc1ccc(/C=C/C(=O)NCCCCN2CCc3ccc(OS(=O)(=O)C(F)(F)F)cc3C2)[nH]1. The highest BCUT2D eigenvalue weighted by atomic mass is 32.2. The lowest BCUT2D eigenvalue weighted by Gasteiger charge is -2.29. The van der Waals surface area contributed by atoms with E-state index in [1.165, 1.54) is 18.2 Å². The number of rotatable bonds is 9. The van der Waals surface area contributed by atoms with Gasteiger partial charge in [-0.1, -0.05) is 6.07 Å². The van der Waals surface area contributed by atoms with Crippen LogP contribution in [0.25, 0.3) is 6.08 Å². The van der Waals surface area contributed by atoms with Crippen molar-refractivity contribution >= 4 is 22.1 Å². The summed E-state index contributed by atoms with van der Waals surface area (Å²) in [6.45, 7) is 4.49. The number of aromatic nitrogens is 1. The van der Waals surface area contributed by atoms with Crippen LogP contribution in [-0.2, 0) is 27.9 Å². The number of hydrogen-bond acceptors (Lipinski definition) is 5. The van der Waals surface area contributed by atoms with Gasteiger partial charge in [-0.2, -0.15) is 21.6 Å². The monoisotopic (exact) mass is 485 g/mol. The van der Waals surface area contributed by atoms with Crippen LogP contribution in [-0.4, -0.2) is 49.4 Å². The summed E-state index contributed by atoms with van der Waals surface area (Å²) in [4.78, 5) is 17.1. The van der Waals surface area contributed by atoms with Gasteiger partial charge in [0.2, 0.25) is 5.91 Å². The molecule has 1 amide bonds. The van der Waals surface area contributed by atoms with Crippen LogP contribution in [0, 0.1) is 6.92 Å². The molecule has 0 saturated heterocycles. The average Bonchev–Trinajstić information content (AvgIpc) is 3.16. The summed E-state index contributed by atoms with van der Waals surface area (Å²) in [5.41, 5.74) is -1.89. The molecule has 0 aliphatic carbocycles. The van der Waals surface area contributed by atoms with E-state index in [9.17, 15) is 26.4 Å². The first-order valence-corrected chi connectivity index (χ1v) is 11.9. The first kappa shape index (κ1) is 24.8. The first-order valence-electron chi connectivity index (χ1n) is 10.5. The minimum absolute atomic E-state index is 0.171. The van der Waals surface area contributed by atoms with E-state index >= 15 is 0 Å². The topological polar surface area (TPSA) is 91.5 Å². The molecule has 0 saturated carbocycles. The van der Waals surface area contributed by atoms with Gasteiger partial charge in [-0.15, -0.1) is 0 Å². The number of H-pyrrole nitrogens is 1. The number of hydrogen-bond donors (Lipinski definition) is 2. The Morgan fingerprint density at radius 1 is 1.21 bits per heavy atom. The zero-order valence-corrected chi connectivity index (χ0v) is 18.9. The minimum Gasteiger partial charge on any atom is -0.376 e. The summed E-state index contributed by atoms with van der Waals surface area (Å²) in [6, 6.07) is 8.01. The van der Waals surface area contributed by atoms with Crippen molar-refractivity contribution in [2.75, 3.05) is 19.6 Å². The summed E-state index contributed by atoms with van der Waals surface area (Å²) in [6.07, 6.45) is 5.50. The van der Waals surface area contributed by atoms with Crippen LogP contribution in [0.3, 0.4) is 0 Å². The van der Waals surface area contributed by atoms with E-state index in [4.69, 9.17) is 0 Å². The molecule has 1 aliphatic rings. The Morgan fingerprint density at radius 2 is 2.00 bits per heavy atom. The lowest BCUT2D eigenvalue weighted by Crippen LogP contribution is -2.32. The largest absolute Gasteiger partial charge is 0.534 e. The summed E-state index contributed by atoms with van der Waals surface area (Å²) in [5.74, 6) is -0.520. The van der Waals surface area contributed by atoms with Crippen LogP contribution in [0.15, 0.2) is 36.4 Å². The predicted molar refractivity (Wildman–Crippen MR) is 118 cm³/mol. The zero-order chi connectivity index (χ0) is 24.1. The summed E-state index contributed by atoms with van der Waals surface area (Å²) in [7, 11) is -5.69. The quantitative estimate of drug-likeness (QED) is 0.246.